The van der Waals surface area contributed by atoms with Gasteiger partial charge in [0.2, 0.25) is 0 Å². The molecule has 0 atom stereocenters. The fourth-order valence-electron chi connectivity index (χ4n) is 1.82. The van der Waals surface area contributed by atoms with Gasteiger partial charge in [0.1, 0.15) is 0 Å². The Hall–Kier alpha value is -1.12. The van der Waals surface area contributed by atoms with Crippen molar-refractivity contribution >= 4 is 37.4 Å². The zero-order valence-electron chi connectivity index (χ0n) is 8.48. The van der Waals surface area contributed by atoms with Gasteiger partial charge >= 0.3 is 0 Å². The van der Waals surface area contributed by atoms with Gasteiger partial charge in [0, 0.05) is 4.70 Å². The highest BCUT2D eigenvalue weighted by Gasteiger charge is 2.02. The van der Waals surface area contributed by atoms with E-state index in [1.165, 1.54) is 25.0 Å². The fraction of sp³-hybridized carbons (Fsp3) is 0. The third-order valence-electron chi connectivity index (χ3n) is 2.59. The van der Waals surface area contributed by atoms with E-state index in [-0.39, 0.29) is 0 Å². The highest BCUT2D eigenvalue weighted by atomic mass is 79.9. The van der Waals surface area contributed by atoms with Crippen LogP contribution >= 0.6 is 27.3 Å². The van der Waals surface area contributed by atoms with Crippen LogP contribution < -0.4 is 0 Å². The van der Waals surface area contributed by atoms with Crippen LogP contribution in [0.25, 0.3) is 21.2 Å². The van der Waals surface area contributed by atoms with Crippen molar-refractivity contribution in [3.8, 4) is 11.1 Å². The molecule has 0 bridgehead atoms. The number of rotatable bonds is 1. The molecule has 78 valence electrons. The lowest BCUT2D eigenvalue weighted by Crippen LogP contribution is -1.75. The second-order valence-corrected chi connectivity index (χ2v) is 6.13. The summed E-state index contributed by atoms with van der Waals surface area (Å²) in [6.07, 6.45) is 0. The maximum Gasteiger partial charge on any atom is 0.0711 e. The molecule has 2 heteroatoms. The van der Waals surface area contributed by atoms with E-state index in [0.29, 0.717) is 0 Å². The second-order valence-electron chi connectivity index (χ2n) is 3.67. The number of fused-ring (bicyclic) bond motifs is 1. The van der Waals surface area contributed by atoms with E-state index in [1.54, 1.807) is 11.3 Å². The van der Waals surface area contributed by atoms with Gasteiger partial charge < -0.3 is 0 Å². The van der Waals surface area contributed by atoms with E-state index in [1.807, 2.05) is 6.07 Å². The highest BCUT2D eigenvalue weighted by Crippen LogP contribution is 2.32. The summed E-state index contributed by atoms with van der Waals surface area (Å²) in [5.74, 6) is 0. The van der Waals surface area contributed by atoms with Crippen LogP contribution in [0.15, 0.2) is 58.4 Å². The SMILES string of the molecule is Brc1cc2cc(-c3ccccc3)ccc2s1. The fourth-order valence-corrected chi connectivity index (χ4v) is 3.36. The summed E-state index contributed by atoms with van der Waals surface area (Å²) >= 11 is 5.30. The molecule has 0 N–H and O–H groups in total. The van der Waals surface area contributed by atoms with Crippen molar-refractivity contribution in [3.63, 3.8) is 0 Å². The van der Waals surface area contributed by atoms with E-state index >= 15 is 0 Å². The Balaban J connectivity index is 2.18. The van der Waals surface area contributed by atoms with Crippen LogP contribution in [-0.4, -0.2) is 0 Å². The molecule has 0 aliphatic rings. The van der Waals surface area contributed by atoms with Gasteiger partial charge in [0.15, 0.2) is 0 Å². The number of benzene rings is 2. The van der Waals surface area contributed by atoms with Crippen LogP contribution in [0.3, 0.4) is 0 Å². The zero-order chi connectivity index (χ0) is 11.0. The molecule has 0 fully saturated rings. The predicted octanol–water partition coefficient (Wildman–Crippen LogP) is 5.33. The van der Waals surface area contributed by atoms with Crippen molar-refractivity contribution in [1.29, 1.82) is 0 Å². The van der Waals surface area contributed by atoms with Gasteiger partial charge in [-0.2, -0.15) is 0 Å². The summed E-state index contributed by atoms with van der Waals surface area (Å²) in [7, 11) is 0. The maximum absolute atomic E-state index is 3.52. The number of hydrogen-bond donors (Lipinski definition) is 0. The molecule has 3 rings (SSSR count). The molecule has 0 spiro atoms. The normalized spacial score (nSPS) is 10.8. The molecule has 1 heterocycles. The van der Waals surface area contributed by atoms with Crippen LogP contribution in [0.5, 0.6) is 0 Å². The van der Waals surface area contributed by atoms with E-state index < -0.39 is 0 Å². The summed E-state index contributed by atoms with van der Waals surface area (Å²) in [5.41, 5.74) is 2.55. The van der Waals surface area contributed by atoms with Crippen molar-refractivity contribution in [2.24, 2.45) is 0 Å². The number of thiophene rings is 1. The van der Waals surface area contributed by atoms with E-state index in [2.05, 4.69) is 64.5 Å². The first-order valence-corrected chi connectivity index (χ1v) is 6.68. The first kappa shape index (κ1) is 10.1. The van der Waals surface area contributed by atoms with Crippen LogP contribution in [-0.2, 0) is 0 Å². The van der Waals surface area contributed by atoms with Crippen LogP contribution in [0, 0.1) is 0 Å². The molecule has 0 saturated heterocycles. The van der Waals surface area contributed by atoms with Crippen molar-refractivity contribution in [1.82, 2.24) is 0 Å². The average molecular weight is 289 g/mol. The Morgan fingerprint density at radius 1 is 0.812 bits per heavy atom. The van der Waals surface area contributed by atoms with Crippen molar-refractivity contribution in [2.45, 2.75) is 0 Å². The summed E-state index contributed by atoms with van der Waals surface area (Å²) in [5, 5.41) is 1.30. The van der Waals surface area contributed by atoms with Crippen LogP contribution in [0.1, 0.15) is 0 Å². The minimum absolute atomic E-state index is 1.19. The minimum atomic E-state index is 1.19. The number of hydrogen-bond acceptors (Lipinski definition) is 1. The lowest BCUT2D eigenvalue weighted by atomic mass is 10.0. The standard InChI is InChI=1S/C14H9BrS/c15-14-9-12-8-11(6-7-13(12)16-14)10-4-2-1-3-5-10/h1-9H. The Bertz CT molecular complexity index is 626. The largest absolute Gasteiger partial charge is 0.128 e. The summed E-state index contributed by atoms with van der Waals surface area (Å²) in [6, 6.07) is 19.3. The van der Waals surface area contributed by atoms with Gasteiger partial charge in [-0.15, -0.1) is 11.3 Å². The smallest absolute Gasteiger partial charge is 0.0711 e. The Kier molecular flexibility index (Phi) is 2.54. The molecule has 1 aromatic heterocycles. The Morgan fingerprint density at radius 3 is 2.44 bits per heavy atom. The lowest BCUT2D eigenvalue weighted by molar-refractivity contribution is 1.65. The van der Waals surface area contributed by atoms with Crippen LogP contribution in [0.4, 0.5) is 0 Å². The molecule has 0 unspecified atom stereocenters. The molecule has 0 aliphatic carbocycles. The topological polar surface area (TPSA) is 0 Å². The zero-order valence-corrected chi connectivity index (χ0v) is 10.9. The predicted molar refractivity (Wildman–Crippen MR) is 75.0 cm³/mol. The van der Waals surface area contributed by atoms with Gasteiger partial charge in [-0.3, -0.25) is 0 Å². The van der Waals surface area contributed by atoms with Gasteiger partial charge in [-0.05, 0) is 50.6 Å². The molecule has 2 aromatic carbocycles. The first-order valence-electron chi connectivity index (χ1n) is 5.07. The van der Waals surface area contributed by atoms with E-state index in [9.17, 15) is 0 Å². The molecule has 16 heavy (non-hydrogen) atoms. The Labute approximate surface area is 107 Å². The lowest BCUT2D eigenvalue weighted by Gasteiger charge is -2.00. The first-order chi connectivity index (χ1) is 7.83. The van der Waals surface area contributed by atoms with Crippen molar-refractivity contribution in [2.75, 3.05) is 0 Å². The van der Waals surface area contributed by atoms with E-state index in [0.717, 1.165) is 0 Å². The molecule has 0 saturated carbocycles. The highest BCUT2D eigenvalue weighted by molar-refractivity contribution is 9.11. The quantitative estimate of drug-likeness (QED) is 0.568. The maximum atomic E-state index is 3.52. The average Bonchev–Trinajstić information content (AvgIpc) is 2.69. The summed E-state index contributed by atoms with van der Waals surface area (Å²) in [6.45, 7) is 0. The van der Waals surface area contributed by atoms with Crippen molar-refractivity contribution < 1.29 is 0 Å². The molecule has 0 radical (unpaired) electrons. The molecular formula is C14H9BrS. The number of halogens is 1. The third kappa shape index (κ3) is 1.79. The van der Waals surface area contributed by atoms with Gasteiger partial charge in [0.25, 0.3) is 0 Å². The minimum Gasteiger partial charge on any atom is -0.128 e. The van der Waals surface area contributed by atoms with Gasteiger partial charge in [-0.25, -0.2) is 0 Å². The van der Waals surface area contributed by atoms with E-state index in [4.69, 9.17) is 0 Å². The molecule has 0 amide bonds. The molecule has 3 aromatic rings. The monoisotopic (exact) mass is 288 g/mol. The third-order valence-corrected chi connectivity index (χ3v) is 4.21. The van der Waals surface area contributed by atoms with Gasteiger partial charge in [0.05, 0.1) is 3.79 Å². The molecular weight excluding hydrogens is 280 g/mol. The molecule has 0 nitrogen and oxygen atoms in total. The summed E-state index contributed by atoms with van der Waals surface area (Å²) < 4.78 is 2.51. The van der Waals surface area contributed by atoms with Crippen LogP contribution in [0.2, 0.25) is 0 Å². The van der Waals surface area contributed by atoms with Gasteiger partial charge in [-0.1, -0.05) is 36.4 Å². The molecule has 0 aliphatic heterocycles. The Morgan fingerprint density at radius 2 is 1.62 bits per heavy atom. The summed E-state index contributed by atoms with van der Waals surface area (Å²) in [4.78, 5) is 0. The second kappa shape index (κ2) is 4.04. The van der Waals surface area contributed by atoms with Crippen molar-refractivity contribution in [3.05, 3.63) is 58.4 Å².